The number of ether oxygens (including phenoxy) is 1. The maximum atomic E-state index is 14.1. The number of pyridine rings is 1. The molecular weight excluding hydrogens is 308 g/mol. The molecule has 8 nitrogen and oxygen atoms in total. The predicted molar refractivity (Wildman–Crippen MR) is 82.4 cm³/mol. The third kappa shape index (κ3) is 2.82. The molecule has 2 rings (SSSR count). The Kier molecular flexibility index (Phi) is 4.26. The molecule has 1 heterocycles. The van der Waals surface area contributed by atoms with Crippen molar-refractivity contribution in [3.63, 3.8) is 0 Å². The standard InChI is InChI=1S/C13H11BFN3O5/c1-6-3-7(13(15)16-5-6)10-8(14)4-9(17(19)20)12(23-2)11(10)18(21)22/h3-5H,14H2,1-2H3. The first-order valence-electron chi connectivity index (χ1n) is 6.40. The molecular formula is C13H11BFN3O5. The molecule has 0 unspecified atom stereocenters. The predicted octanol–water partition coefficient (Wildman–Crippen LogP) is 1.28. The van der Waals surface area contributed by atoms with Crippen molar-refractivity contribution in [2.24, 2.45) is 0 Å². The van der Waals surface area contributed by atoms with Crippen molar-refractivity contribution >= 4 is 24.7 Å². The molecule has 0 aliphatic carbocycles. The minimum absolute atomic E-state index is 0.0915. The summed E-state index contributed by atoms with van der Waals surface area (Å²) in [6.07, 6.45) is 1.28. The summed E-state index contributed by atoms with van der Waals surface area (Å²) in [5.74, 6) is -1.43. The van der Waals surface area contributed by atoms with Crippen LogP contribution in [-0.2, 0) is 0 Å². The van der Waals surface area contributed by atoms with Gasteiger partial charge in [-0.15, -0.1) is 0 Å². The van der Waals surface area contributed by atoms with Gasteiger partial charge in [-0.05, 0) is 18.6 Å². The number of nitrogens with zero attached hydrogens (tertiary/aromatic N) is 3. The molecule has 0 radical (unpaired) electrons. The maximum Gasteiger partial charge on any atom is 0.325 e. The van der Waals surface area contributed by atoms with Gasteiger partial charge in [-0.25, -0.2) is 4.98 Å². The molecule has 0 fully saturated rings. The van der Waals surface area contributed by atoms with E-state index in [9.17, 15) is 24.6 Å². The van der Waals surface area contributed by atoms with Gasteiger partial charge in [0.15, 0.2) is 0 Å². The first-order valence-corrected chi connectivity index (χ1v) is 6.40. The van der Waals surface area contributed by atoms with Gasteiger partial charge in [0.1, 0.15) is 7.85 Å². The number of rotatable bonds is 4. The van der Waals surface area contributed by atoms with Crippen molar-refractivity contribution in [1.82, 2.24) is 4.98 Å². The van der Waals surface area contributed by atoms with Crippen LogP contribution < -0.4 is 10.2 Å². The van der Waals surface area contributed by atoms with E-state index in [1.54, 1.807) is 6.92 Å². The van der Waals surface area contributed by atoms with E-state index in [1.165, 1.54) is 20.1 Å². The highest BCUT2D eigenvalue weighted by atomic mass is 19.1. The SMILES string of the molecule is Bc1cc([N+](=O)[O-])c(OC)c([N+](=O)[O-])c1-c1cc(C)cnc1F. The van der Waals surface area contributed by atoms with Crippen molar-refractivity contribution in [3.8, 4) is 16.9 Å². The second kappa shape index (κ2) is 5.99. The number of aryl methyl sites for hydroxylation is 1. The Balaban J connectivity index is 2.96. The van der Waals surface area contributed by atoms with Gasteiger partial charge in [0.05, 0.1) is 22.5 Å². The number of nitro benzene ring substituents is 2. The summed E-state index contributed by atoms with van der Waals surface area (Å²) in [6, 6.07) is 2.51. The van der Waals surface area contributed by atoms with Crippen LogP contribution in [0.15, 0.2) is 18.3 Å². The zero-order valence-corrected chi connectivity index (χ0v) is 12.5. The summed E-state index contributed by atoms with van der Waals surface area (Å²) in [7, 11) is 2.51. The van der Waals surface area contributed by atoms with E-state index in [1.807, 2.05) is 0 Å². The summed E-state index contributed by atoms with van der Waals surface area (Å²) >= 11 is 0. The number of hydrogen-bond donors (Lipinski definition) is 0. The van der Waals surface area contributed by atoms with Crippen molar-refractivity contribution in [2.75, 3.05) is 7.11 Å². The van der Waals surface area contributed by atoms with Crippen molar-refractivity contribution < 1.29 is 19.0 Å². The molecule has 0 amide bonds. The molecule has 1 aromatic carbocycles. The quantitative estimate of drug-likeness (QED) is 0.363. The van der Waals surface area contributed by atoms with Crippen LogP contribution in [0.1, 0.15) is 5.56 Å². The molecule has 23 heavy (non-hydrogen) atoms. The highest BCUT2D eigenvalue weighted by molar-refractivity contribution is 6.37. The van der Waals surface area contributed by atoms with Crippen LogP contribution in [0.5, 0.6) is 5.75 Å². The van der Waals surface area contributed by atoms with Crippen LogP contribution in [-0.4, -0.2) is 29.8 Å². The second-order valence-corrected chi connectivity index (χ2v) is 4.83. The lowest BCUT2D eigenvalue weighted by Gasteiger charge is -2.12. The molecule has 10 heteroatoms. The van der Waals surface area contributed by atoms with Gasteiger partial charge in [-0.1, -0.05) is 5.46 Å². The minimum atomic E-state index is -0.905. The lowest BCUT2D eigenvalue weighted by molar-refractivity contribution is -0.395. The van der Waals surface area contributed by atoms with E-state index in [0.29, 0.717) is 5.56 Å². The number of halogens is 1. The monoisotopic (exact) mass is 319 g/mol. The third-order valence-corrected chi connectivity index (χ3v) is 3.26. The van der Waals surface area contributed by atoms with Crippen LogP contribution in [0.3, 0.4) is 0 Å². The molecule has 0 saturated carbocycles. The Morgan fingerprint density at radius 3 is 2.43 bits per heavy atom. The largest absolute Gasteiger partial charge is 0.485 e. The van der Waals surface area contributed by atoms with Gasteiger partial charge in [-0.3, -0.25) is 20.2 Å². The molecule has 2 aromatic rings. The van der Waals surface area contributed by atoms with Gasteiger partial charge >= 0.3 is 11.4 Å². The van der Waals surface area contributed by atoms with E-state index in [0.717, 1.165) is 13.2 Å². The number of nitro groups is 2. The lowest BCUT2D eigenvalue weighted by Crippen LogP contribution is -2.14. The van der Waals surface area contributed by atoms with Gasteiger partial charge in [-0.2, -0.15) is 4.39 Å². The normalized spacial score (nSPS) is 10.4. The highest BCUT2D eigenvalue weighted by Crippen LogP contribution is 2.42. The van der Waals surface area contributed by atoms with Crippen molar-refractivity contribution in [3.05, 3.63) is 50.1 Å². The Hall–Kier alpha value is -3.04. The average Bonchev–Trinajstić information content (AvgIpc) is 2.48. The van der Waals surface area contributed by atoms with Crippen LogP contribution >= 0.6 is 0 Å². The molecule has 0 N–H and O–H groups in total. The van der Waals surface area contributed by atoms with Crippen molar-refractivity contribution in [1.29, 1.82) is 0 Å². The summed E-state index contributed by atoms with van der Waals surface area (Å²) in [5, 5.41) is 22.6. The fraction of sp³-hybridized carbons (Fsp3) is 0.154. The number of aromatic nitrogens is 1. The molecule has 0 aliphatic rings. The second-order valence-electron chi connectivity index (χ2n) is 4.83. The van der Waals surface area contributed by atoms with Crippen LogP contribution in [0.25, 0.3) is 11.1 Å². The third-order valence-electron chi connectivity index (χ3n) is 3.26. The van der Waals surface area contributed by atoms with E-state index in [4.69, 9.17) is 4.74 Å². The van der Waals surface area contributed by atoms with Gasteiger partial charge in [0.2, 0.25) is 5.95 Å². The molecule has 0 atom stereocenters. The number of benzene rings is 1. The smallest absolute Gasteiger partial charge is 0.325 e. The molecule has 0 aliphatic heterocycles. The Morgan fingerprint density at radius 2 is 1.91 bits per heavy atom. The first-order chi connectivity index (χ1) is 10.8. The van der Waals surface area contributed by atoms with Gasteiger partial charge in [0, 0.05) is 17.8 Å². The van der Waals surface area contributed by atoms with E-state index < -0.39 is 32.9 Å². The minimum Gasteiger partial charge on any atom is -0.485 e. The molecule has 0 bridgehead atoms. The van der Waals surface area contributed by atoms with Crippen LogP contribution in [0.2, 0.25) is 0 Å². The number of methoxy groups -OCH3 is 1. The Morgan fingerprint density at radius 1 is 1.26 bits per heavy atom. The summed E-state index contributed by atoms with van der Waals surface area (Å²) in [6.45, 7) is 1.65. The van der Waals surface area contributed by atoms with Crippen LogP contribution in [0, 0.1) is 33.1 Å². The van der Waals surface area contributed by atoms with Crippen molar-refractivity contribution in [2.45, 2.75) is 6.92 Å². The highest BCUT2D eigenvalue weighted by Gasteiger charge is 2.33. The van der Waals surface area contributed by atoms with E-state index >= 15 is 0 Å². The molecule has 0 spiro atoms. The number of hydrogen-bond acceptors (Lipinski definition) is 6. The zero-order chi connectivity index (χ0) is 17.3. The van der Waals surface area contributed by atoms with Gasteiger partial charge in [0.25, 0.3) is 5.75 Å². The Labute approximate surface area is 130 Å². The summed E-state index contributed by atoms with van der Waals surface area (Å²) in [5.41, 5.74) is -0.650. The fourth-order valence-electron chi connectivity index (χ4n) is 2.34. The maximum absolute atomic E-state index is 14.1. The fourth-order valence-corrected chi connectivity index (χ4v) is 2.34. The molecule has 118 valence electrons. The summed E-state index contributed by atoms with van der Waals surface area (Å²) < 4.78 is 18.9. The topological polar surface area (TPSA) is 108 Å². The molecule has 1 aromatic heterocycles. The molecule has 0 saturated heterocycles. The average molecular weight is 319 g/mol. The summed E-state index contributed by atoms with van der Waals surface area (Å²) in [4.78, 5) is 24.5. The zero-order valence-electron chi connectivity index (χ0n) is 12.5. The van der Waals surface area contributed by atoms with Crippen LogP contribution in [0.4, 0.5) is 15.8 Å². The lowest BCUT2D eigenvalue weighted by atomic mass is 9.85. The van der Waals surface area contributed by atoms with E-state index in [2.05, 4.69) is 4.98 Å². The Bertz CT molecular complexity index is 828. The first kappa shape index (κ1) is 16.3. The van der Waals surface area contributed by atoms with Gasteiger partial charge < -0.3 is 4.74 Å². The van der Waals surface area contributed by atoms with E-state index in [-0.39, 0.29) is 16.6 Å².